The molecular weight excluding hydrogens is 417 g/mol. The number of H-pyrrole nitrogens is 1. The number of halogens is 5. The third-order valence-corrected chi connectivity index (χ3v) is 4.24. The van der Waals surface area contributed by atoms with Gasteiger partial charge in [-0.2, -0.15) is 0 Å². The molecule has 7 nitrogen and oxygen atoms in total. The monoisotopic (exact) mass is 427 g/mol. The summed E-state index contributed by atoms with van der Waals surface area (Å²) in [7, 11) is 1.16. The highest BCUT2D eigenvalue weighted by Gasteiger charge is 2.30. The van der Waals surface area contributed by atoms with E-state index in [1.54, 1.807) is 0 Å². The van der Waals surface area contributed by atoms with Gasteiger partial charge in [-0.05, 0) is 12.2 Å². The minimum atomic E-state index is -2.32. The number of aromatic nitrogens is 2. The number of urea groups is 1. The van der Waals surface area contributed by atoms with Gasteiger partial charge in [0, 0.05) is 19.0 Å². The van der Waals surface area contributed by atoms with E-state index in [1.807, 2.05) is 0 Å². The maximum atomic E-state index is 13.8. The van der Waals surface area contributed by atoms with Gasteiger partial charge in [-0.25, -0.2) is 26.7 Å². The molecule has 14 heteroatoms. The van der Waals surface area contributed by atoms with Crippen LogP contribution < -0.4 is 16.0 Å². The van der Waals surface area contributed by atoms with Crippen molar-refractivity contribution in [1.29, 1.82) is 0 Å². The van der Waals surface area contributed by atoms with Gasteiger partial charge in [-0.3, -0.25) is 15.2 Å². The van der Waals surface area contributed by atoms with Crippen LogP contribution in [0.4, 0.5) is 31.9 Å². The van der Waals surface area contributed by atoms with Gasteiger partial charge in [-0.15, -0.1) is 5.10 Å². The second kappa shape index (κ2) is 8.39. The first-order valence-corrected chi connectivity index (χ1v) is 8.23. The fourth-order valence-electron chi connectivity index (χ4n) is 1.99. The average Bonchev–Trinajstić information content (AvgIpc) is 3.04. The van der Waals surface area contributed by atoms with Crippen LogP contribution in [0.1, 0.15) is 5.56 Å². The molecule has 2 rings (SSSR count). The van der Waals surface area contributed by atoms with Crippen LogP contribution in [-0.2, 0) is 11.2 Å². The standard InChI is InChI=1S/C13H10F5N5O2S2/c1-19-10(24)4(20-11(25)21-12-22-23-13(26)27-12)2-3-5(14)7(16)9(18)8(17)6(3)15/h4H,2H2,1H3,(H,19,24)(H,23,26)(H2,20,21,22,25)/t4-/m1/s1. The lowest BCUT2D eigenvalue weighted by atomic mass is 10.0. The molecule has 0 aliphatic heterocycles. The van der Waals surface area contributed by atoms with Gasteiger partial charge in [0.15, 0.2) is 27.2 Å². The van der Waals surface area contributed by atoms with E-state index in [9.17, 15) is 31.5 Å². The lowest BCUT2D eigenvalue weighted by Crippen LogP contribution is -2.48. The summed E-state index contributed by atoms with van der Waals surface area (Å²) in [5.41, 5.74) is -1.24. The van der Waals surface area contributed by atoms with Gasteiger partial charge in [0.1, 0.15) is 6.04 Å². The molecule has 0 radical (unpaired) electrons. The van der Waals surface area contributed by atoms with Crippen LogP contribution in [0, 0.1) is 33.0 Å². The predicted octanol–water partition coefficient (Wildman–Crippen LogP) is 2.37. The van der Waals surface area contributed by atoms with E-state index in [4.69, 9.17) is 12.2 Å². The first-order chi connectivity index (χ1) is 12.6. The molecule has 0 fully saturated rings. The smallest absolute Gasteiger partial charge is 0.321 e. The predicted molar refractivity (Wildman–Crippen MR) is 87.2 cm³/mol. The highest BCUT2D eigenvalue weighted by Crippen LogP contribution is 2.24. The topological polar surface area (TPSA) is 98.9 Å². The summed E-state index contributed by atoms with van der Waals surface area (Å²) in [6.45, 7) is 0. The highest BCUT2D eigenvalue weighted by atomic mass is 32.1. The van der Waals surface area contributed by atoms with Gasteiger partial charge in [0.25, 0.3) is 0 Å². The Morgan fingerprint density at radius 2 is 1.67 bits per heavy atom. The minimum Gasteiger partial charge on any atom is -0.357 e. The molecule has 0 spiro atoms. The zero-order valence-corrected chi connectivity index (χ0v) is 14.9. The Morgan fingerprint density at radius 3 is 2.15 bits per heavy atom. The van der Waals surface area contributed by atoms with E-state index >= 15 is 0 Å². The molecule has 1 atom stereocenters. The molecule has 0 saturated heterocycles. The molecule has 1 aromatic carbocycles. The van der Waals surface area contributed by atoms with Gasteiger partial charge < -0.3 is 10.6 Å². The summed E-state index contributed by atoms with van der Waals surface area (Å²) in [5, 5.41) is 12.4. The third-order valence-electron chi connectivity index (χ3n) is 3.24. The van der Waals surface area contributed by atoms with E-state index in [1.165, 1.54) is 0 Å². The van der Waals surface area contributed by atoms with E-state index in [0.717, 1.165) is 18.4 Å². The van der Waals surface area contributed by atoms with Crippen LogP contribution in [0.25, 0.3) is 0 Å². The number of nitrogens with one attached hydrogen (secondary N) is 4. The van der Waals surface area contributed by atoms with Gasteiger partial charge >= 0.3 is 6.03 Å². The van der Waals surface area contributed by atoms with Gasteiger partial charge in [0.2, 0.25) is 16.9 Å². The van der Waals surface area contributed by atoms with Crippen molar-refractivity contribution in [3.8, 4) is 0 Å². The number of nitrogens with zero attached hydrogens (tertiary/aromatic N) is 1. The first-order valence-electron chi connectivity index (χ1n) is 7.00. The summed E-state index contributed by atoms with van der Waals surface area (Å²) in [6, 6.07) is -2.65. The van der Waals surface area contributed by atoms with E-state index in [2.05, 4.69) is 26.1 Å². The third kappa shape index (κ3) is 4.57. The van der Waals surface area contributed by atoms with Crippen molar-refractivity contribution >= 4 is 40.6 Å². The van der Waals surface area contributed by atoms with Crippen molar-refractivity contribution in [2.45, 2.75) is 12.5 Å². The van der Waals surface area contributed by atoms with E-state index in [0.29, 0.717) is 0 Å². The van der Waals surface area contributed by atoms with E-state index in [-0.39, 0.29) is 9.09 Å². The molecule has 1 aromatic heterocycles. The summed E-state index contributed by atoms with van der Waals surface area (Å²) >= 11 is 5.65. The zero-order valence-electron chi connectivity index (χ0n) is 13.3. The van der Waals surface area contributed by atoms with Gasteiger partial charge in [0.05, 0.1) is 0 Å². The number of likely N-dealkylation sites (N-methyl/N-ethyl adjacent to an activating group) is 1. The second-order valence-corrected chi connectivity index (χ2v) is 6.60. The van der Waals surface area contributed by atoms with Crippen molar-refractivity contribution in [3.05, 3.63) is 38.6 Å². The normalized spacial score (nSPS) is 11.8. The Bertz CT molecular complexity index is 919. The SMILES string of the molecule is CNC(=O)[C@@H](Cc1c(F)c(F)c(F)c(F)c1F)NC(=O)Nc1n[nH]c(=S)s1. The van der Waals surface area contributed by atoms with Crippen molar-refractivity contribution in [3.63, 3.8) is 0 Å². The number of carbonyl (C=O) groups is 2. The van der Waals surface area contributed by atoms with E-state index < -0.39 is 59.1 Å². The van der Waals surface area contributed by atoms with Crippen LogP contribution in [0.2, 0.25) is 0 Å². The molecule has 27 heavy (non-hydrogen) atoms. The zero-order chi connectivity index (χ0) is 20.3. The van der Waals surface area contributed by atoms with Gasteiger partial charge in [-0.1, -0.05) is 11.3 Å². The van der Waals surface area contributed by atoms with Crippen LogP contribution in [-0.4, -0.2) is 35.2 Å². The Hall–Kier alpha value is -2.61. The maximum absolute atomic E-state index is 13.8. The number of anilines is 1. The number of benzene rings is 1. The van der Waals surface area contributed by atoms with Crippen LogP contribution in [0.5, 0.6) is 0 Å². The Labute approximate surface area is 157 Å². The molecule has 0 unspecified atom stereocenters. The molecule has 0 bridgehead atoms. The molecule has 4 N–H and O–H groups in total. The summed E-state index contributed by atoms with van der Waals surface area (Å²) in [6.07, 6.45) is -0.991. The van der Waals surface area contributed by atoms with Crippen LogP contribution >= 0.6 is 23.6 Å². The summed E-state index contributed by atoms with van der Waals surface area (Å²) in [5.74, 6) is -11.7. The number of carbonyl (C=O) groups excluding carboxylic acids is 2. The first kappa shape index (κ1) is 20.7. The summed E-state index contributed by atoms with van der Waals surface area (Å²) in [4.78, 5) is 23.8. The highest BCUT2D eigenvalue weighted by molar-refractivity contribution is 7.73. The maximum Gasteiger partial charge on any atom is 0.321 e. The molecule has 0 aliphatic rings. The number of aromatic amines is 1. The summed E-state index contributed by atoms with van der Waals surface area (Å²) < 4.78 is 67.6. The Kier molecular flexibility index (Phi) is 6.43. The fraction of sp³-hybridized carbons (Fsp3) is 0.231. The van der Waals surface area contributed by atoms with Crippen LogP contribution in [0.15, 0.2) is 0 Å². The molecule has 1 heterocycles. The lowest BCUT2D eigenvalue weighted by molar-refractivity contribution is -0.122. The average molecular weight is 427 g/mol. The second-order valence-electron chi connectivity index (χ2n) is 4.94. The molecule has 146 valence electrons. The molecular formula is C13H10F5N5O2S2. The Balaban J connectivity index is 2.26. The molecule has 0 saturated carbocycles. The lowest BCUT2D eigenvalue weighted by Gasteiger charge is -2.18. The van der Waals surface area contributed by atoms with Crippen molar-refractivity contribution in [1.82, 2.24) is 20.8 Å². The molecule has 2 aromatic rings. The number of amides is 3. The van der Waals surface area contributed by atoms with Crippen molar-refractivity contribution < 1.29 is 31.5 Å². The van der Waals surface area contributed by atoms with Crippen molar-refractivity contribution in [2.24, 2.45) is 0 Å². The van der Waals surface area contributed by atoms with Crippen molar-refractivity contribution in [2.75, 3.05) is 12.4 Å². The fourth-order valence-corrected chi connectivity index (χ4v) is 2.78. The van der Waals surface area contributed by atoms with Crippen LogP contribution in [0.3, 0.4) is 0 Å². The Morgan fingerprint density at radius 1 is 1.11 bits per heavy atom. The largest absolute Gasteiger partial charge is 0.357 e. The molecule has 0 aliphatic carbocycles. The number of hydrogen-bond acceptors (Lipinski definition) is 5. The number of hydrogen-bond donors (Lipinski definition) is 4. The molecule has 3 amide bonds. The quantitative estimate of drug-likeness (QED) is 0.255. The minimum absolute atomic E-state index is 0.0318. The number of rotatable bonds is 5.